The molecule has 0 aliphatic carbocycles. The first-order valence-electron chi connectivity index (χ1n) is 7.10. The highest BCUT2D eigenvalue weighted by molar-refractivity contribution is 5.74. The van der Waals surface area contributed by atoms with Crippen LogP contribution in [0.1, 0.15) is 37.9 Å². The highest BCUT2D eigenvalue weighted by atomic mass is 16.5. The van der Waals surface area contributed by atoms with Crippen LogP contribution in [0, 0.1) is 0 Å². The van der Waals surface area contributed by atoms with Crippen LogP contribution in [0.5, 0.6) is 0 Å². The SMILES string of the molecule is CC(C)c1noc(CCCNC(=O)N2CCOCC2)n1. The van der Waals surface area contributed by atoms with Crippen LogP contribution in [0.3, 0.4) is 0 Å². The van der Waals surface area contributed by atoms with E-state index in [1.54, 1.807) is 4.90 Å². The van der Waals surface area contributed by atoms with Crippen molar-refractivity contribution in [2.75, 3.05) is 32.8 Å². The van der Waals surface area contributed by atoms with Gasteiger partial charge in [0.25, 0.3) is 0 Å². The van der Waals surface area contributed by atoms with Crippen LogP contribution >= 0.6 is 0 Å². The number of morpholine rings is 1. The summed E-state index contributed by atoms with van der Waals surface area (Å²) in [5, 5.41) is 6.80. The number of hydrogen-bond acceptors (Lipinski definition) is 5. The molecular formula is C13H22N4O3. The number of nitrogens with zero attached hydrogens (tertiary/aromatic N) is 3. The van der Waals surface area contributed by atoms with Gasteiger partial charge in [-0.25, -0.2) is 4.79 Å². The number of rotatable bonds is 5. The molecule has 2 amide bonds. The molecule has 0 unspecified atom stereocenters. The zero-order valence-electron chi connectivity index (χ0n) is 12.1. The third-order valence-electron chi connectivity index (χ3n) is 3.14. The molecule has 0 spiro atoms. The normalized spacial score (nSPS) is 15.7. The molecule has 1 aromatic rings. The van der Waals surface area contributed by atoms with E-state index in [4.69, 9.17) is 9.26 Å². The van der Waals surface area contributed by atoms with Crippen molar-refractivity contribution in [3.8, 4) is 0 Å². The van der Waals surface area contributed by atoms with Crippen LogP contribution < -0.4 is 5.32 Å². The van der Waals surface area contributed by atoms with Crippen molar-refractivity contribution in [2.45, 2.75) is 32.6 Å². The summed E-state index contributed by atoms with van der Waals surface area (Å²) in [6.45, 7) is 7.21. The maximum atomic E-state index is 11.8. The van der Waals surface area contributed by atoms with Gasteiger partial charge >= 0.3 is 6.03 Å². The molecule has 7 nitrogen and oxygen atoms in total. The Hall–Kier alpha value is -1.63. The molecule has 1 aromatic heterocycles. The Kier molecular flexibility index (Phi) is 5.34. The summed E-state index contributed by atoms with van der Waals surface area (Å²) in [6, 6.07) is -0.0262. The number of urea groups is 1. The largest absolute Gasteiger partial charge is 0.378 e. The summed E-state index contributed by atoms with van der Waals surface area (Å²) in [5.41, 5.74) is 0. The second kappa shape index (κ2) is 7.23. The predicted octanol–water partition coefficient (Wildman–Crippen LogP) is 1.17. The molecular weight excluding hydrogens is 260 g/mol. The maximum Gasteiger partial charge on any atom is 0.317 e. The van der Waals surface area contributed by atoms with Gasteiger partial charge in [-0.05, 0) is 6.42 Å². The third-order valence-corrected chi connectivity index (χ3v) is 3.14. The molecule has 0 aromatic carbocycles. The average molecular weight is 282 g/mol. The zero-order chi connectivity index (χ0) is 14.4. The lowest BCUT2D eigenvalue weighted by Gasteiger charge is -2.26. The monoisotopic (exact) mass is 282 g/mol. The lowest BCUT2D eigenvalue weighted by atomic mass is 10.2. The highest BCUT2D eigenvalue weighted by Crippen LogP contribution is 2.10. The predicted molar refractivity (Wildman–Crippen MR) is 72.5 cm³/mol. The summed E-state index contributed by atoms with van der Waals surface area (Å²) in [6.07, 6.45) is 1.47. The molecule has 1 saturated heterocycles. The van der Waals surface area contributed by atoms with Crippen LogP contribution in [0.25, 0.3) is 0 Å². The molecule has 1 aliphatic rings. The van der Waals surface area contributed by atoms with Gasteiger partial charge in [0.2, 0.25) is 5.89 Å². The lowest BCUT2D eigenvalue weighted by molar-refractivity contribution is 0.0532. The van der Waals surface area contributed by atoms with Gasteiger partial charge < -0.3 is 19.5 Å². The number of ether oxygens (including phenoxy) is 1. The Morgan fingerprint density at radius 2 is 2.15 bits per heavy atom. The molecule has 0 radical (unpaired) electrons. The van der Waals surface area contributed by atoms with E-state index >= 15 is 0 Å². The summed E-state index contributed by atoms with van der Waals surface area (Å²) in [5.74, 6) is 1.64. The van der Waals surface area contributed by atoms with E-state index in [0.29, 0.717) is 45.2 Å². The van der Waals surface area contributed by atoms with Crippen molar-refractivity contribution in [2.24, 2.45) is 0 Å². The van der Waals surface area contributed by atoms with Crippen molar-refractivity contribution >= 4 is 6.03 Å². The first-order chi connectivity index (χ1) is 9.66. The molecule has 112 valence electrons. The summed E-state index contributed by atoms with van der Waals surface area (Å²) >= 11 is 0. The minimum absolute atomic E-state index is 0.0262. The molecule has 2 heterocycles. The topological polar surface area (TPSA) is 80.5 Å². The molecule has 1 N–H and O–H groups in total. The number of carbonyl (C=O) groups excluding carboxylic acids is 1. The number of hydrogen-bond donors (Lipinski definition) is 1. The fourth-order valence-electron chi connectivity index (χ4n) is 1.92. The molecule has 0 atom stereocenters. The van der Waals surface area contributed by atoms with Crippen molar-refractivity contribution in [3.05, 3.63) is 11.7 Å². The fraction of sp³-hybridized carbons (Fsp3) is 0.769. The van der Waals surface area contributed by atoms with E-state index in [0.717, 1.165) is 12.2 Å². The van der Waals surface area contributed by atoms with Gasteiger partial charge in [0, 0.05) is 32.0 Å². The number of amides is 2. The Bertz CT molecular complexity index is 427. The van der Waals surface area contributed by atoms with Crippen LogP contribution in [0.2, 0.25) is 0 Å². The first kappa shape index (κ1) is 14.8. The van der Waals surface area contributed by atoms with Crippen molar-refractivity contribution in [1.82, 2.24) is 20.4 Å². The molecule has 2 rings (SSSR count). The minimum atomic E-state index is -0.0262. The van der Waals surface area contributed by atoms with Crippen LogP contribution in [-0.4, -0.2) is 53.9 Å². The Balaban J connectivity index is 1.64. The molecule has 1 aliphatic heterocycles. The van der Waals surface area contributed by atoms with Gasteiger partial charge in [-0.15, -0.1) is 0 Å². The first-order valence-corrected chi connectivity index (χ1v) is 7.10. The number of aryl methyl sites for hydroxylation is 1. The molecule has 0 saturated carbocycles. The van der Waals surface area contributed by atoms with Gasteiger partial charge in [0.15, 0.2) is 5.82 Å². The van der Waals surface area contributed by atoms with E-state index in [9.17, 15) is 4.79 Å². The minimum Gasteiger partial charge on any atom is -0.378 e. The van der Waals surface area contributed by atoms with Crippen molar-refractivity contribution in [3.63, 3.8) is 0 Å². The summed E-state index contributed by atoms with van der Waals surface area (Å²) < 4.78 is 10.4. The lowest BCUT2D eigenvalue weighted by Crippen LogP contribution is -2.46. The van der Waals surface area contributed by atoms with E-state index in [-0.39, 0.29) is 11.9 Å². The van der Waals surface area contributed by atoms with Gasteiger partial charge in [0.05, 0.1) is 13.2 Å². The Morgan fingerprint density at radius 3 is 2.80 bits per heavy atom. The Morgan fingerprint density at radius 1 is 1.40 bits per heavy atom. The van der Waals surface area contributed by atoms with Crippen LogP contribution in [0.4, 0.5) is 4.79 Å². The van der Waals surface area contributed by atoms with Gasteiger partial charge in [-0.3, -0.25) is 0 Å². The standard InChI is InChI=1S/C13H22N4O3/c1-10(2)12-15-11(20-16-12)4-3-5-14-13(18)17-6-8-19-9-7-17/h10H,3-9H2,1-2H3,(H,14,18). The smallest absolute Gasteiger partial charge is 0.317 e. The summed E-state index contributed by atoms with van der Waals surface area (Å²) in [7, 11) is 0. The maximum absolute atomic E-state index is 11.8. The Labute approximate surface area is 118 Å². The second-order valence-electron chi connectivity index (χ2n) is 5.14. The van der Waals surface area contributed by atoms with Crippen molar-refractivity contribution in [1.29, 1.82) is 0 Å². The molecule has 7 heteroatoms. The molecule has 1 fully saturated rings. The van der Waals surface area contributed by atoms with Crippen LogP contribution in [-0.2, 0) is 11.2 Å². The molecule has 20 heavy (non-hydrogen) atoms. The number of nitrogens with one attached hydrogen (secondary N) is 1. The zero-order valence-corrected chi connectivity index (χ0v) is 12.1. The fourth-order valence-corrected chi connectivity index (χ4v) is 1.92. The van der Waals surface area contributed by atoms with Gasteiger partial charge in [0.1, 0.15) is 0 Å². The average Bonchev–Trinajstić information content (AvgIpc) is 2.93. The van der Waals surface area contributed by atoms with E-state index < -0.39 is 0 Å². The summed E-state index contributed by atoms with van der Waals surface area (Å²) in [4.78, 5) is 17.9. The highest BCUT2D eigenvalue weighted by Gasteiger charge is 2.16. The van der Waals surface area contributed by atoms with Gasteiger partial charge in [-0.1, -0.05) is 19.0 Å². The van der Waals surface area contributed by atoms with E-state index in [2.05, 4.69) is 15.5 Å². The molecule has 0 bridgehead atoms. The van der Waals surface area contributed by atoms with Crippen molar-refractivity contribution < 1.29 is 14.1 Å². The van der Waals surface area contributed by atoms with E-state index in [1.807, 2.05) is 13.8 Å². The quantitative estimate of drug-likeness (QED) is 0.820. The van der Waals surface area contributed by atoms with E-state index in [1.165, 1.54) is 0 Å². The second-order valence-corrected chi connectivity index (χ2v) is 5.14. The number of carbonyl (C=O) groups is 1. The third kappa shape index (κ3) is 4.19. The number of aromatic nitrogens is 2. The van der Waals surface area contributed by atoms with Crippen LogP contribution in [0.15, 0.2) is 4.52 Å². The van der Waals surface area contributed by atoms with Gasteiger partial charge in [-0.2, -0.15) is 4.98 Å².